The third-order valence-electron chi connectivity index (χ3n) is 2.98. The fourth-order valence-corrected chi connectivity index (χ4v) is 3.49. The van der Waals surface area contributed by atoms with Gasteiger partial charge in [0, 0.05) is 16.7 Å². The van der Waals surface area contributed by atoms with Crippen LogP contribution in [0, 0.1) is 15.9 Å². The zero-order chi connectivity index (χ0) is 15.3. The number of nitrogens with zero attached hydrogens (tertiary/aromatic N) is 1. The molecule has 0 radical (unpaired) electrons. The molecule has 0 bridgehead atoms. The third kappa shape index (κ3) is 3.76. The molecule has 0 aromatic heterocycles. The highest BCUT2D eigenvalue weighted by atomic mass is 79.9. The van der Waals surface area contributed by atoms with Crippen molar-refractivity contribution in [3.8, 4) is 0 Å². The van der Waals surface area contributed by atoms with Crippen LogP contribution in [0.15, 0.2) is 18.2 Å². The van der Waals surface area contributed by atoms with Crippen LogP contribution in [-0.2, 0) is 0 Å². The van der Waals surface area contributed by atoms with E-state index in [4.69, 9.17) is 0 Å². The summed E-state index contributed by atoms with van der Waals surface area (Å²) in [7, 11) is 0. The molecule has 0 aliphatic carbocycles. The van der Waals surface area contributed by atoms with E-state index in [0.717, 1.165) is 18.2 Å². The topological polar surface area (TPSA) is 72.2 Å². The summed E-state index contributed by atoms with van der Waals surface area (Å²) < 4.78 is 13.8. The van der Waals surface area contributed by atoms with Gasteiger partial charge in [0.15, 0.2) is 0 Å². The van der Waals surface area contributed by atoms with Gasteiger partial charge in [0.25, 0.3) is 11.6 Å². The first-order valence-corrected chi connectivity index (χ1v) is 8.02. The number of alkyl halides is 2. The molecule has 0 heterocycles. The van der Waals surface area contributed by atoms with Gasteiger partial charge in [-0.05, 0) is 12.5 Å². The maximum atomic E-state index is 13.8. The Labute approximate surface area is 132 Å². The molecule has 20 heavy (non-hydrogen) atoms. The number of rotatable bonds is 6. The van der Waals surface area contributed by atoms with Crippen LogP contribution >= 0.6 is 31.9 Å². The van der Waals surface area contributed by atoms with Crippen LogP contribution in [-0.4, -0.2) is 27.0 Å². The normalized spacial score (nSPS) is 11.2. The van der Waals surface area contributed by atoms with Crippen LogP contribution in [0.5, 0.6) is 0 Å². The molecule has 1 aromatic carbocycles. The van der Waals surface area contributed by atoms with Crippen molar-refractivity contribution in [2.75, 3.05) is 10.7 Å². The van der Waals surface area contributed by atoms with Gasteiger partial charge >= 0.3 is 0 Å². The van der Waals surface area contributed by atoms with Crippen LogP contribution in [0.25, 0.3) is 0 Å². The fourth-order valence-electron chi connectivity index (χ4n) is 1.49. The summed E-state index contributed by atoms with van der Waals surface area (Å²) in [5.74, 6) is -1.51. The Morgan fingerprint density at radius 1 is 1.45 bits per heavy atom. The number of hydrogen-bond donors (Lipinski definition) is 1. The Balaban J connectivity index is 3.01. The summed E-state index contributed by atoms with van der Waals surface area (Å²) in [6.07, 6.45) is 0.643. The maximum Gasteiger partial charge on any atom is 0.272 e. The summed E-state index contributed by atoms with van der Waals surface area (Å²) in [6, 6.07) is 2.96. The zero-order valence-electron chi connectivity index (χ0n) is 10.7. The Hall–Kier alpha value is -1.02. The van der Waals surface area contributed by atoms with E-state index in [0.29, 0.717) is 17.1 Å². The number of non-ortho nitro benzene ring substituents is 1. The molecule has 0 aliphatic rings. The molecule has 5 nitrogen and oxygen atoms in total. The van der Waals surface area contributed by atoms with Crippen molar-refractivity contribution in [3.05, 3.63) is 39.7 Å². The van der Waals surface area contributed by atoms with E-state index in [1.807, 2.05) is 6.92 Å². The number of carbonyl (C=O) groups excluding carboxylic acids is 1. The second-order valence-corrected chi connectivity index (χ2v) is 5.40. The highest BCUT2D eigenvalue weighted by molar-refractivity contribution is 9.09. The maximum absolute atomic E-state index is 13.8. The molecule has 1 aromatic rings. The first-order valence-electron chi connectivity index (χ1n) is 5.77. The minimum absolute atomic E-state index is 0.213. The van der Waals surface area contributed by atoms with E-state index in [1.54, 1.807) is 0 Å². The van der Waals surface area contributed by atoms with Gasteiger partial charge < -0.3 is 5.32 Å². The molecule has 1 rings (SSSR count). The lowest BCUT2D eigenvalue weighted by Gasteiger charge is -2.30. The quantitative estimate of drug-likeness (QED) is 0.443. The fraction of sp³-hybridized carbons (Fsp3) is 0.417. The first kappa shape index (κ1) is 17.0. The molecule has 0 saturated carbocycles. The summed E-state index contributed by atoms with van der Waals surface area (Å²) in [6.45, 7) is 1.90. The lowest BCUT2D eigenvalue weighted by atomic mass is 10.0. The Kier molecular flexibility index (Phi) is 6.07. The molecule has 0 unspecified atom stereocenters. The van der Waals surface area contributed by atoms with Gasteiger partial charge in [0.2, 0.25) is 0 Å². The Morgan fingerprint density at radius 2 is 2.05 bits per heavy atom. The van der Waals surface area contributed by atoms with Crippen LogP contribution in [0.4, 0.5) is 10.1 Å². The van der Waals surface area contributed by atoms with Crippen molar-refractivity contribution in [2.45, 2.75) is 18.9 Å². The van der Waals surface area contributed by atoms with Crippen molar-refractivity contribution >= 4 is 43.5 Å². The molecule has 0 fully saturated rings. The number of nitro groups is 1. The van der Waals surface area contributed by atoms with Crippen LogP contribution in [0.1, 0.15) is 23.7 Å². The molecule has 1 N–H and O–H groups in total. The summed E-state index contributed by atoms with van der Waals surface area (Å²) in [4.78, 5) is 21.9. The number of carbonyl (C=O) groups is 1. The number of nitrogens with one attached hydrogen (secondary N) is 1. The van der Waals surface area contributed by atoms with Crippen molar-refractivity contribution < 1.29 is 14.1 Å². The van der Waals surface area contributed by atoms with E-state index in [1.165, 1.54) is 0 Å². The smallest absolute Gasteiger partial charge is 0.272 e. The Bertz CT molecular complexity index is 513. The van der Waals surface area contributed by atoms with E-state index in [9.17, 15) is 19.3 Å². The van der Waals surface area contributed by atoms with Crippen LogP contribution < -0.4 is 5.32 Å². The average molecular weight is 412 g/mol. The molecule has 0 saturated heterocycles. The second kappa shape index (κ2) is 7.12. The van der Waals surface area contributed by atoms with Crippen LogP contribution in [0.3, 0.4) is 0 Å². The molecular weight excluding hydrogens is 399 g/mol. The van der Waals surface area contributed by atoms with Gasteiger partial charge in [-0.15, -0.1) is 0 Å². The van der Waals surface area contributed by atoms with Crippen molar-refractivity contribution in [1.29, 1.82) is 0 Å². The number of halogens is 3. The summed E-state index contributed by atoms with van der Waals surface area (Å²) in [5.41, 5.74) is -1.14. The summed E-state index contributed by atoms with van der Waals surface area (Å²) >= 11 is 6.63. The standard InChI is InChI=1S/C12H13Br2FN2O3/c1-2-12(6-13,7-14)16-11(18)9-4-3-8(17(19)20)5-10(9)15/h3-5H,2,6-7H2,1H3,(H,16,18). The minimum Gasteiger partial charge on any atom is -0.345 e. The molecule has 1 amide bonds. The van der Waals surface area contributed by atoms with E-state index < -0.39 is 22.2 Å². The second-order valence-electron chi connectivity index (χ2n) is 4.28. The van der Waals surface area contributed by atoms with Crippen molar-refractivity contribution in [2.24, 2.45) is 0 Å². The molecule has 110 valence electrons. The predicted molar refractivity (Wildman–Crippen MR) is 81.1 cm³/mol. The van der Waals surface area contributed by atoms with E-state index >= 15 is 0 Å². The predicted octanol–water partition coefficient (Wildman–Crippen LogP) is 3.40. The van der Waals surface area contributed by atoms with Gasteiger partial charge in [-0.1, -0.05) is 38.8 Å². The number of nitro benzene ring substituents is 1. The van der Waals surface area contributed by atoms with Gasteiger partial charge in [0.1, 0.15) is 5.82 Å². The minimum atomic E-state index is -0.911. The monoisotopic (exact) mass is 410 g/mol. The summed E-state index contributed by atoms with van der Waals surface area (Å²) in [5, 5.41) is 14.3. The number of benzene rings is 1. The van der Waals surface area contributed by atoms with Crippen molar-refractivity contribution in [1.82, 2.24) is 5.32 Å². The van der Waals surface area contributed by atoms with Gasteiger partial charge in [-0.25, -0.2) is 4.39 Å². The lowest BCUT2D eigenvalue weighted by molar-refractivity contribution is -0.385. The molecule has 0 spiro atoms. The van der Waals surface area contributed by atoms with Crippen LogP contribution in [0.2, 0.25) is 0 Å². The van der Waals surface area contributed by atoms with Crippen molar-refractivity contribution in [3.63, 3.8) is 0 Å². The molecule has 0 aliphatic heterocycles. The molecule has 8 heteroatoms. The van der Waals surface area contributed by atoms with E-state index in [2.05, 4.69) is 37.2 Å². The SMILES string of the molecule is CCC(CBr)(CBr)NC(=O)c1ccc([N+](=O)[O-])cc1F. The third-order valence-corrected chi connectivity index (χ3v) is 5.12. The first-order chi connectivity index (χ1) is 9.39. The van der Waals surface area contributed by atoms with Gasteiger partial charge in [-0.3, -0.25) is 14.9 Å². The highest BCUT2D eigenvalue weighted by Crippen LogP contribution is 2.20. The van der Waals surface area contributed by atoms with Gasteiger partial charge in [-0.2, -0.15) is 0 Å². The molecular formula is C12H13Br2FN2O3. The zero-order valence-corrected chi connectivity index (χ0v) is 13.8. The molecule has 0 atom stereocenters. The van der Waals surface area contributed by atoms with E-state index in [-0.39, 0.29) is 11.3 Å². The van der Waals surface area contributed by atoms with Gasteiger partial charge in [0.05, 0.1) is 22.1 Å². The number of amides is 1. The Morgan fingerprint density at radius 3 is 2.45 bits per heavy atom. The lowest BCUT2D eigenvalue weighted by Crippen LogP contribution is -2.51. The average Bonchev–Trinajstić information content (AvgIpc) is 2.44. The number of hydrogen-bond acceptors (Lipinski definition) is 3. The highest BCUT2D eigenvalue weighted by Gasteiger charge is 2.29. The largest absolute Gasteiger partial charge is 0.345 e.